The van der Waals surface area contributed by atoms with E-state index in [0.29, 0.717) is 11.6 Å². The third-order valence-corrected chi connectivity index (χ3v) is 2.99. The zero-order valence-corrected chi connectivity index (χ0v) is 9.25. The third kappa shape index (κ3) is 3.70. The zero-order valence-electron chi connectivity index (χ0n) is 8.43. The fourth-order valence-electron chi connectivity index (χ4n) is 1.24. The standard InChI is InChI=1S/C8H13N3O4S/c9-6(12)1-4(8(14)15)11-7(13)5-2-16-3-10-5/h4-5,10H,1-3H2,(H2,9,12)(H,11,13)(H,14,15)/t4-,5?/m1/s1. The number of amides is 2. The Morgan fingerprint density at radius 1 is 1.56 bits per heavy atom. The number of thioether (sulfide) groups is 1. The minimum Gasteiger partial charge on any atom is -0.480 e. The van der Waals surface area contributed by atoms with Crippen molar-refractivity contribution in [1.29, 1.82) is 0 Å². The van der Waals surface area contributed by atoms with Crippen LogP contribution in [-0.4, -0.2) is 46.6 Å². The van der Waals surface area contributed by atoms with E-state index in [1.165, 1.54) is 0 Å². The largest absolute Gasteiger partial charge is 0.480 e. The molecular formula is C8H13N3O4S. The van der Waals surface area contributed by atoms with Gasteiger partial charge in [-0.1, -0.05) is 0 Å². The number of carboxylic acid groups (broad SMARTS) is 1. The lowest BCUT2D eigenvalue weighted by Gasteiger charge is -2.15. The van der Waals surface area contributed by atoms with Crippen LogP contribution in [0.3, 0.4) is 0 Å². The van der Waals surface area contributed by atoms with E-state index in [1.807, 2.05) is 0 Å². The van der Waals surface area contributed by atoms with Crippen LogP contribution in [0.1, 0.15) is 6.42 Å². The van der Waals surface area contributed by atoms with Gasteiger partial charge in [-0.05, 0) is 0 Å². The summed E-state index contributed by atoms with van der Waals surface area (Å²) in [5.74, 6) is -1.20. The highest BCUT2D eigenvalue weighted by atomic mass is 32.2. The Morgan fingerprint density at radius 2 is 2.25 bits per heavy atom. The smallest absolute Gasteiger partial charge is 0.326 e. The first-order valence-electron chi connectivity index (χ1n) is 4.63. The van der Waals surface area contributed by atoms with Crippen LogP contribution in [-0.2, 0) is 14.4 Å². The molecule has 0 aliphatic carbocycles. The Kier molecular flexibility index (Phi) is 4.56. The van der Waals surface area contributed by atoms with Gasteiger partial charge in [-0.25, -0.2) is 4.79 Å². The molecule has 1 fully saturated rings. The second-order valence-electron chi connectivity index (χ2n) is 3.34. The highest BCUT2D eigenvalue weighted by molar-refractivity contribution is 7.99. The molecule has 0 spiro atoms. The number of carbonyl (C=O) groups excluding carboxylic acids is 2. The van der Waals surface area contributed by atoms with Crippen molar-refractivity contribution in [2.75, 3.05) is 11.6 Å². The van der Waals surface area contributed by atoms with Gasteiger partial charge in [0.25, 0.3) is 0 Å². The Hall–Kier alpha value is -1.28. The van der Waals surface area contributed by atoms with E-state index < -0.39 is 36.3 Å². The minimum absolute atomic E-state index is 0.402. The van der Waals surface area contributed by atoms with Gasteiger partial charge in [0.05, 0.1) is 12.5 Å². The molecule has 2 amide bonds. The van der Waals surface area contributed by atoms with E-state index in [-0.39, 0.29) is 0 Å². The van der Waals surface area contributed by atoms with Crippen molar-refractivity contribution in [3.8, 4) is 0 Å². The predicted molar refractivity (Wildman–Crippen MR) is 57.6 cm³/mol. The van der Waals surface area contributed by atoms with Gasteiger partial charge < -0.3 is 16.2 Å². The molecular weight excluding hydrogens is 234 g/mol. The van der Waals surface area contributed by atoms with Crippen LogP contribution < -0.4 is 16.4 Å². The summed E-state index contributed by atoms with van der Waals surface area (Å²) >= 11 is 1.55. The van der Waals surface area contributed by atoms with Crippen LogP contribution in [0, 0.1) is 0 Å². The van der Waals surface area contributed by atoms with E-state index in [2.05, 4.69) is 10.6 Å². The van der Waals surface area contributed by atoms with Crippen LogP contribution in [0.15, 0.2) is 0 Å². The molecule has 0 aromatic carbocycles. The number of nitrogens with one attached hydrogen (secondary N) is 2. The van der Waals surface area contributed by atoms with Crippen molar-refractivity contribution in [1.82, 2.24) is 10.6 Å². The highest BCUT2D eigenvalue weighted by Gasteiger charge is 2.28. The van der Waals surface area contributed by atoms with Crippen LogP contribution >= 0.6 is 11.8 Å². The summed E-state index contributed by atoms with van der Waals surface area (Å²) in [6.45, 7) is 0. The lowest BCUT2D eigenvalue weighted by molar-refractivity contribution is -0.143. The van der Waals surface area contributed by atoms with Crippen LogP contribution in [0.2, 0.25) is 0 Å². The number of carbonyl (C=O) groups is 3. The van der Waals surface area contributed by atoms with Crippen LogP contribution in [0.25, 0.3) is 0 Å². The van der Waals surface area contributed by atoms with Gasteiger partial charge in [-0.3, -0.25) is 14.9 Å². The van der Waals surface area contributed by atoms with Gasteiger partial charge in [-0.2, -0.15) is 0 Å². The lowest BCUT2D eigenvalue weighted by atomic mass is 10.2. The summed E-state index contributed by atoms with van der Waals surface area (Å²) in [5.41, 5.74) is 4.89. The summed E-state index contributed by atoms with van der Waals surface area (Å²) in [5, 5.41) is 13.9. The van der Waals surface area contributed by atoms with Gasteiger partial charge in [0.1, 0.15) is 6.04 Å². The Balaban J connectivity index is 2.50. The monoisotopic (exact) mass is 247 g/mol. The maximum absolute atomic E-state index is 11.5. The van der Waals surface area contributed by atoms with Crippen molar-refractivity contribution in [3.05, 3.63) is 0 Å². The summed E-state index contributed by atoms with van der Waals surface area (Å²) in [6, 6.07) is -1.66. The predicted octanol–water partition coefficient (Wildman–Crippen LogP) is -1.91. The van der Waals surface area contributed by atoms with E-state index in [4.69, 9.17) is 10.8 Å². The molecule has 0 aromatic heterocycles. The zero-order chi connectivity index (χ0) is 12.1. The molecule has 8 heteroatoms. The Labute approximate surface area is 96.1 Å². The first-order chi connectivity index (χ1) is 7.50. The molecule has 90 valence electrons. The summed E-state index contributed by atoms with van der Waals surface area (Å²) in [6.07, 6.45) is -0.402. The van der Waals surface area contributed by atoms with Crippen molar-refractivity contribution in [2.24, 2.45) is 5.73 Å². The van der Waals surface area contributed by atoms with E-state index >= 15 is 0 Å². The molecule has 0 bridgehead atoms. The number of hydrogen-bond acceptors (Lipinski definition) is 5. The van der Waals surface area contributed by atoms with Gasteiger partial charge in [0.15, 0.2) is 0 Å². The Morgan fingerprint density at radius 3 is 2.69 bits per heavy atom. The van der Waals surface area contributed by atoms with Crippen LogP contribution in [0.5, 0.6) is 0 Å². The van der Waals surface area contributed by atoms with Crippen molar-refractivity contribution in [2.45, 2.75) is 18.5 Å². The Bertz CT molecular complexity index is 304. The average Bonchev–Trinajstić information content (AvgIpc) is 2.68. The van der Waals surface area contributed by atoms with Gasteiger partial charge in [0.2, 0.25) is 11.8 Å². The molecule has 1 aliphatic heterocycles. The minimum atomic E-state index is -1.27. The fraction of sp³-hybridized carbons (Fsp3) is 0.625. The van der Waals surface area contributed by atoms with Crippen LogP contribution in [0.4, 0.5) is 0 Å². The van der Waals surface area contributed by atoms with E-state index in [0.717, 1.165) is 0 Å². The maximum Gasteiger partial charge on any atom is 0.326 e. The molecule has 1 rings (SSSR count). The van der Waals surface area contributed by atoms with E-state index in [1.54, 1.807) is 11.8 Å². The number of hydrogen-bond donors (Lipinski definition) is 4. The molecule has 0 saturated carbocycles. The maximum atomic E-state index is 11.5. The lowest BCUT2D eigenvalue weighted by Crippen LogP contribution is -2.50. The molecule has 1 aliphatic rings. The molecule has 1 saturated heterocycles. The van der Waals surface area contributed by atoms with Gasteiger partial charge in [0, 0.05) is 11.6 Å². The molecule has 16 heavy (non-hydrogen) atoms. The highest BCUT2D eigenvalue weighted by Crippen LogP contribution is 2.09. The molecule has 0 aromatic rings. The second-order valence-corrected chi connectivity index (χ2v) is 4.37. The van der Waals surface area contributed by atoms with Crippen molar-refractivity contribution in [3.63, 3.8) is 0 Å². The molecule has 1 unspecified atom stereocenters. The normalized spacial score (nSPS) is 21.4. The number of nitrogens with two attached hydrogens (primary N) is 1. The van der Waals surface area contributed by atoms with Gasteiger partial charge in [-0.15, -0.1) is 11.8 Å². The first-order valence-corrected chi connectivity index (χ1v) is 5.79. The summed E-state index contributed by atoms with van der Waals surface area (Å²) < 4.78 is 0. The van der Waals surface area contributed by atoms with Gasteiger partial charge >= 0.3 is 5.97 Å². The molecule has 7 nitrogen and oxygen atoms in total. The summed E-state index contributed by atoms with van der Waals surface area (Å²) in [4.78, 5) is 32.9. The molecule has 0 radical (unpaired) electrons. The number of rotatable bonds is 5. The molecule has 1 heterocycles. The second kappa shape index (κ2) is 5.71. The van der Waals surface area contributed by atoms with E-state index in [9.17, 15) is 14.4 Å². The quantitative estimate of drug-likeness (QED) is 0.450. The number of aliphatic carboxylic acids is 1. The molecule has 2 atom stereocenters. The fourth-order valence-corrected chi connectivity index (χ4v) is 2.18. The number of carboxylic acids is 1. The first kappa shape index (κ1) is 12.8. The molecule has 5 N–H and O–H groups in total. The topological polar surface area (TPSA) is 122 Å². The average molecular weight is 247 g/mol. The SMILES string of the molecule is NC(=O)C[C@@H](NC(=O)C1CSCN1)C(=O)O. The van der Waals surface area contributed by atoms with Crippen molar-refractivity contribution >= 4 is 29.5 Å². The number of primary amides is 1. The summed E-state index contributed by atoms with van der Waals surface area (Å²) in [7, 11) is 0. The third-order valence-electron chi connectivity index (χ3n) is 2.05. The van der Waals surface area contributed by atoms with Crippen molar-refractivity contribution < 1.29 is 19.5 Å².